The lowest BCUT2D eigenvalue weighted by atomic mass is 10.0. The fourth-order valence-corrected chi connectivity index (χ4v) is 2.63. The van der Waals surface area contributed by atoms with Crippen molar-refractivity contribution in [3.63, 3.8) is 0 Å². The largest absolute Gasteiger partial charge is 0.353 e. The molecule has 0 saturated carbocycles. The van der Waals surface area contributed by atoms with Crippen LogP contribution in [0.3, 0.4) is 0 Å². The smallest absolute Gasteiger partial charge is 0.163 e. The Morgan fingerprint density at radius 2 is 1.76 bits per heavy atom. The molecule has 0 aromatic heterocycles. The van der Waals surface area contributed by atoms with Crippen molar-refractivity contribution in [3.8, 4) is 0 Å². The van der Waals surface area contributed by atoms with E-state index in [-0.39, 0.29) is 11.5 Å². The molecule has 2 aromatic rings. The van der Waals surface area contributed by atoms with Crippen LogP contribution in [0.2, 0.25) is 0 Å². The molecule has 0 atom stereocenters. The first-order valence-corrected chi connectivity index (χ1v) is 7.02. The van der Waals surface area contributed by atoms with E-state index in [1.807, 2.05) is 6.07 Å². The predicted molar refractivity (Wildman–Crippen MR) is 78.0 cm³/mol. The van der Waals surface area contributed by atoms with Crippen molar-refractivity contribution in [2.45, 2.75) is 25.7 Å². The Morgan fingerprint density at radius 3 is 2.57 bits per heavy atom. The van der Waals surface area contributed by atoms with Crippen molar-refractivity contribution in [1.82, 2.24) is 0 Å². The average molecular weight is 287 g/mol. The van der Waals surface area contributed by atoms with Gasteiger partial charge in [0.1, 0.15) is 11.6 Å². The van der Waals surface area contributed by atoms with E-state index in [4.69, 9.17) is 0 Å². The van der Waals surface area contributed by atoms with Crippen molar-refractivity contribution in [3.05, 3.63) is 59.2 Å². The van der Waals surface area contributed by atoms with Crippen molar-refractivity contribution in [1.29, 1.82) is 0 Å². The molecule has 3 rings (SSSR count). The molecule has 0 heterocycles. The number of halogens is 2. The Hall–Kier alpha value is -2.23. The minimum absolute atomic E-state index is 0.169. The highest BCUT2D eigenvalue weighted by atomic mass is 19.1. The van der Waals surface area contributed by atoms with Gasteiger partial charge in [0.2, 0.25) is 0 Å². The molecule has 0 saturated heterocycles. The molecule has 2 nitrogen and oxygen atoms in total. The molecule has 0 amide bonds. The first-order chi connectivity index (χ1) is 10.1. The minimum Gasteiger partial charge on any atom is -0.353 e. The molecule has 0 radical (unpaired) electrons. The maximum Gasteiger partial charge on any atom is 0.163 e. The summed E-state index contributed by atoms with van der Waals surface area (Å²) in [4.78, 5) is 11.9. The second-order valence-electron chi connectivity index (χ2n) is 5.25. The Bertz CT molecular complexity index is 697. The fraction of sp³-hybridized carbons (Fsp3) is 0.235. The fourth-order valence-electron chi connectivity index (χ4n) is 2.63. The second kappa shape index (κ2) is 5.64. The number of benzene rings is 2. The van der Waals surface area contributed by atoms with Gasteiger partial charge in [-0.3, -0.25) is 4.79 Å². The average Bonchev–Trinajstić information content (AvgIpc) is 2.64. The molecular formula is C17H15F2NO. The maximum atomic E-state index is 13.6. The van der Waals surface area contributed by atoms with Gasteiger partial charge in [0.25, 0.3) is 0 Å². The molecule has 4 heteroatoms. The number of hydrogen-bond donors (Lipinski definition) is 1. The molecule has 21 heavy (non-hydrogen) atoms. The van der Waals surface area contributed by atoms with Crippen LogP contribution in [0.4, 0.5) is 20.2 Å². The summed E-state index contributed by atoms with van der Waals surface area (Å²) in [7, 11) is 0. The second-order valence-corrected chi connectivity index (χ2v) is 5.25. The first-order valence-electron chi connectivity index (χ1n) is 7.02. The number of carbonyl (C=O) groups is 1. The molecular weight excluding hydrogens is 272 g/mol. The summed E-state index contributed by atoms with van der Waals surface area (Å²) in [6, 6.07) is 8.83. The molecule has 0 spiro atoms. The topological polar surface area (TPSA) is 29.1 Å². The van der Waals surface area contributed by atoms with E-state index >= 15 is 0 Å². The lowest BCUT2D eigenvalue weighted by molar-refractivity contribution is 0.0982. The van der Waals surface area contributed by atoms with Gasteiger partial charge in [-0.25, -0.2) is 8.78 Å². The lowest BCUT2D eigenvalue weighted by Crippen LogP contribution is -2.02. The number of rotatable bonds is 2. The van der Waals surface area contributed by atoms with E-state index in [1.165, 1.54) is 12.1 Å². The van der Waals surface area contributed by atoms with Gasteiger partial charge in [0.05, 0.1) is 5.69 Å². The van der Waals surface area contributed by atoms with Crippen LogP contribution in [0.5, 0.6) is 0 Å². The summed E-state index contributed by atoms with van der Waals surface area (Å²) < 4.78 is 26.5. The lowest BCUT2D eigenvalue weighted by Gasteiger charge is -2.11. The Morgan fingerprint density at radius 1 is 0.952 bits per heavy atom. The normalized spacial score (nSPS) is 14.5. The summed E-state index contributed by atoms with van der Waals surface area (Å²) in [5, 5.41) is 2.93. The maximum absolute atomic E-state index is 13.6. The molecule has 0 fully saturated rings. The summed E-state index contributed by atoms with van der Waals surface area (Å²) in [6.45, 7) is 0. The van der Waals surface area contributed by atoms with Crippen LogP contribution in [0.15, 0.2) is 36.4 Å². The van der Waals surface area contributed by atoms with E-state index in [9.17, 15) is 13.6 Å². The van der Waals surface area contributed by atoms with E-state index in [1.54, 1.807) is 12.1 Å². The van der Waals surface area contributed by atoms with E-state index < -0.39 is 11.6 Å². The van der Waals surface area contributed by atoms with Gasteiger partial charge in [-0.2, -0.15) is 0 Å². The van der Waals surface area contributed by atoms with Gasteiger partial charge >= 0.3 is 0 Å². The number of anilines is 2. The minimum atomic E-state index is -0.638. The van der Waals surface area contributed by atoms with E-state index in [2.05, 4.69) is 5.32 Å². The van der Waals surface area contributed by atoms with Crippen molar-refractivity contribution in [2.75, 3.05) is 5.32 Å². The Balaban J connectivity index is 1.90. The number of Topliss-reactive ketones (excluding diaryl/α,β-unsaturated/α-hetero) is 1. The standard InChI is InChI=1S/C17H15F2NO/c18-12-5-8-16(15(19)10-12)20-13-6-7-14-11(9-13)3-1-2-4-17(14)21/h5-10,20H,1-4H2. The van der Waals surface area contributed by atoms with Crippen LogP contribution in [-0.4, -0.2) is 5.78 Å². The van der Waals surface area contributed by atoms with Crippen molar-refractivity contribution in [2.24, 2.45) is 0 Å². The zero-order valence-electron chi connectivity index (χ0n) is 11.5. The number of ketones is 1. The van der Waals surface area contributed by atoms with Gasteiger partial charge in [0, 0.05) is 23.7 Å². The molecule has 1 aliphatic carbocycles. The summed E-state index contributed by atoms with van der Waals surface area (Å²) in [5.74, 6) is -1.08. The van der Waals surface area contributed by atoms with Gasteiger partial charge in [-0.1, -0.05) is 0 Å². The Labute approximate surface area is 121 Å². The molecule has 1 aliphatic rings. The highest BCUT2D eigenvalue weighted by Gasteiger charge is 2.15. The number of fused-ring (bicyclic) bond motifs is 1. The third kappa shape index (κ3) is 2.94. The highest BCUT2D eigenvalue weighted by molar-refractivity contribution is 5.98. The molecule has 0 unspecified atom stereocenters. The van der Waals surface area contributed by atoms with Gasteiger partial charge < -0.3 is 5.32 Å². The third-order valence-electron chi connectivity index (χ3n) is 3.72. The molecule has 0 bridgehead atoms. The van der Waals surface area contributed by atoms with Crippen LogP contribution >= 0.6 is 0 Å². The molecule has 0 aliphatic heterocycles. The highest BCUT2D eigenvalue weighted by Crippen LogP contribution is 2.26. The molecule has 1 N–H and O–H groups in total. The van der Waals surface area contributed by atoms with E-state index in [0.29, 0.717) is 12.1 Å². The van der Waals surface area contributed by atoms with E-state index in [0.717, 1.165) is 36.5 Å². The van der Waals surface area contributed by atoms with Crippen LogP contribution in [0.1, 0.15) is 35.2 Å². The number of aryl methyl sites for hydroxylation is 1. The first kappa shape index (κ1) is 13.7. The van der Waals surface area contributed by atoms with Gasteiger partial charge in [0.15, 0.2) is 5.78 Å². The van der Waals surface area contributed by atoms with Crippen LogP contribution < -0.4 is 5.32 Å². The summed E-state index contributed by atoms with van der Waals surface area (Å²) in [6.07, 6.45) is 3.32. The van der Waals surface area contributed by atoms with Crippen molar-refractivity contribution < 1.29 is 13.6 Å². The van der Waals surface area contributed by atoms with Crippen LogP contribution in [0.25, 0.3) is 0 Å². The molecule has 2 aromatic carbocycles. The van der Waals surface area contributed by atoms with Crippen molar-refractivity contribution >= 4 is 17.2 Å². The summed E-state index contributed by atoms with van der Waals surface area (Å²) >= 11 is 0. The summed E-state index contributed by atoms with van der Waals surface area (Å²) in [5.41, 5.74) is 2.67. The van der Waals surface area contributed by atoms with Gasteiger partial charge in [-0.15, -0.1) is 0 Å². The molecule has 108 valence electrons. The van der Waals surface area contributed by atoms with Gasteiger partial charge in [-0.05, 0) is 55.2 Å². The zero-order chi connectivity index (χ0) is 14.8. The number of hydrogen-bond acceptors (Lipinski definition) is 2. The predicted octanol–water partition coefficient (Wildman–Crippen LogP) is 4.62. The number of nitrogens with one attached hydrogen (secondary N) is 1. The quantitative estimate of drug-likeness (QED) is 0.817. The Kier molecular flexibility index (Phi) is 3.69. The van der Waals surface area contributed by atoms with Crippen LogP contribution in [0, 0.1) is 11.6 Å². The zero-order valence-corrected chi connectivity index (χ0v) is 11.5. The number of carbonyl (C=O) groups excluding carboxylic acids is 1. The van der Waals surface area contributed by atoms with Crippen LogP contribution in [-0.2, 0) is 6.42 Å². The SMILES string of the molecule is O=C1CCCCc2cc(Nc3ccc(F)cc3F)ccc21. The third-order valence-corrected chi connectivity index (χ3v) is 3.72. The monoisotopic (exact) mass is 287 g/mol.